The van der Waals surface area contributed by atoms with Crippen molar-refractivity contribution < 1.29 is 13.6 Å². The Morgan fingerprint density at radius 1 is 1.04 bits per heavy atom. The molecule has 0 spiro atoms. The Morgan fingerprint density at radius 2 is 1.54 bits per heavy atom. The van der Waals surface area contributed by atoms with Gasteiger partial charge in [-0.1, -0.05) is 30.2 Å². The quantitative estimate of drug-likeness (QED) is 0.472. The molecule has 1 heterocycles. The summed E-state index contributed by atoms with van der Waals surface area (Å²) in [7, 11) is -3.42. The van der Waals surface area contributed by atoms with Crippen LogP contribution in [0.2, 0.25) is 0 Å². The molecule has 26 heavy (non-hydrogen) atoms. The second-order valence-corrected chi connectivity index (χ2v) is 8.41. The van der Waals surface area contributed by atoms with Crippen molar-refractivity contribution in [3.05, 3.63) is 58.5 Å². The van der Waals surface area contributed by atoms with Gasteiger partial charge in [-0.3, -0.25) is 9.36 Å². The second kappa shape index (κ2) is 8.51. The highest BCUT2D eigenvalue weighted by Crippen LogP contribution is 2.51. The molecule has 0 radical (unpaired) electrons. The molecule has 5 nitrogen and oxygen atoms in total. The molecular weight excluding hydrogens is 349 g/mol. The van der Waals surface area contributed by atoms with Crippen LogP contribution in [0.4, 0.5) is 0 Å². The first-order valence-corrected chi connectivity index (χ1v) is 10.2. The first-order chi connectivity index (χ1) is 12.2. The van der Waals surface area contributed by atoms with Crippen molar-refractivity contribution in [3.63, 3.8) is 0 Å². The summed E-state index contributed by atoms with van der Waals surface area (Å²) in [6, 6.07) is 11.7. The summed E-state index contributed by atoms with van der Waals surface area (Å²) in [5, 5.41) is 0. The molecule has 0 atom stereocenters. The van der Waals surface area contributed by atoms with E-state index in [-0.39, 0.29) is 29.6 Å². The molecule has 0 aliphatic heterocycles. The Morgan fingerprint density at radius 3 is 1.88 bits per heavy atom. The molecule has 0 fully saturated rings. The minimum atomic E-state index is -3.42. The van der Waals surface area contributed by atoms with E-state index in [1.54, 1.807) is 33.8 Å². The van der Waals surface area contributed by atoms with E-state index in [1.165, 1.54) is 28.0 Å². The molecule has 0 N–H and O–H groups in total. The average molecular weight is 373 g/mol. The Labute approximate surface area is 154 Å². The maximum atomic E-state index is 12.7. The largest absolute Gasteiger partial charge is 0.350 e. The number of pyridine rings is 1. The third kappa shape index (κ3) is 5.19. The second-order valence-electron chi connectivity index (χ2n) is 6.48. The van der Waals surface area contributed by atoms with Crippen molar-refractivity contribution in [2.45, 2.75) is 46.2 Å². The van der Waals surface area contributed by atoms with E-state index in [2.05, 4.69) is 30.2 Å². The average Bonchev–Trinajstić information content (AvgIpc) is 2.51. The van der Waals surface area contributed by atoms with Crippen LogP contribution in [0.1, 0.15) is 33.3 Å². The van der Waals surface area contributed by atoms with Crippen LogP contribution in [-0.2, 0) is 19.9 Å². The van der Waals surface area contributed by atoms with E-state index in [4.69, 9.17) is 15.5 Å². The van der Waals surface area contributed by atoms with Crippen LogP contribution >= 0.6 is 7.60 Å². The lowest BCUT2D eigenvalue weighted by Gasteiger charge is -2.23. The molecule has 138 valence electrons. The van der Waals surface area contributed by atoms with Gasteiger partial charge in [-0.25, -0.2) is 0 Å². The number of terminal acetylenes is 1. The Bertz CT molecular complexity index is 856. The van der Waals surface area contributed by atoms with Gasteiger partial charge < -0.3 is 13.6 Å². The van der Waals surface area contributed by atoms with Crippen molar-refractivity contribution in [1.29, 1.82) is 0 Å². The molecular formula is C20H24NO4P. The summed E-state index contributed by atoms with van der Waals surface area (Å²) >= 11 is 0. The third-order valence-electron chi connectivity index (χ3n) is 3.46. The summed E-state index contributed by atoms with van der Waals surface area (Å²) < 4.78 is 24.8. The maximum absolute atomic E-state index is 12.7. The highest BCUT2D eigenvalue weighted by atomic mass is 31.2. The van der Waals surface area contributed by atoms with Gasteiger partial charge in [0.05, 0.1) is 17.8 Å². The summed E-state index contributed by atoms with van der Waals surface area (Å²) in [5.41, 5.74) is 2.69. The fourth-order valence-electron chi connectivity index (χ4n) is 2.34. The predicted molar refractivity (Wildman–Crippen MR) is 104 cm³/mol. The Balaban J connectivity index is 0.000000331. The van der Waals surface area contributed by atoms with E-state index >= 15 is 0 Å². The maximum Gasteiger partial charge on any atom is 0.350 e. The fraction of sp³-hybridized carbons (Fsp3) is 0.350. The van der Waals surface area contributed by atoms with Crippen LogP contribution in [0, 0.1) is 12.3 Å². The molecule has 6 heteroatoms. The zero-order valence-corrected chi connectivity index (χ0v) is 16.4. The van der Waals surface area contributed by atoms with Crippen LogP contribution in [0.5, 0.6) is 0 Å². The number of rotatable bonds is 6. The summed E-state index contributed by atoms with van der Waals surface area (Å²) in [6.07, 6.45) is 6.07. The zero-order chi connectivity index (χ0) is 19.3. The Hall–Kier alpha value is -2.12. The van der Waals surface area contributed by atoms with E-state index in [9.17, 15) is 9.36 Å². The lowest BCUT2D eigenvalue weighted by Crippen LogP contribution is -2.23. The van der Waals surface area contributed by atoms with Gasteiger partial charge in [0.15, 0.2) is 0 Å². The normalized spacial score (nSPS) is 11.7. The SMILES string of the molecule is C#Cc1cccn(CP(=O)(OC(C)C)OC(C)C)c1=O.c1cc2ccc1-2. The number of nitrogens with zero attached hydrogens (tertiary/aromatic N) is 1. The van der Waals surface area contributed by atoms with Crippen molar-refractivity contribution >= 4 is 7.60 Å². The molecule has 0 saturated heterocycles. The summed E-state index contributed by atoms with van der Waals surface area (Å²) in [5.74, 6) is 2.30. The van der Waals surface area contributed by atoms with Crippen LogP contribution < -0.4 is 5.56 Å². The number of hydrogen-bond donors (Lipinski definition) is 0. The number of benzene rings is 1. The first-order valence-electron chi connectivity index (χ1n) is 8.46. The molecule has 2 aliphatic carbocycles. The molecule has 3 rings (SSSR count). The zero-order valence-electron chi connectivity index (χ0n) is 15.5. The summed E-state index contributed by atoms with van der Waals surface area (Å²) in [4.78, 5) is 12.0. The molecule has 0 unspecified atom stereocenters. The predicted octanol–water partition coefficient (Wildman–Crippen LogP) is 4.50. The molecule has 0 aromatic carbocycles. The van der Waals surface area contributed by atoms with Crippen molar-refractivity contribution in [1.82, 2.24) is 4.57 Å². The highest BCUT2D eigenvalue weighted by Gasteiger charge is 2.28. The van der Waals surface area contributed by atoms with Gasteiger partial charge in [0.2, 0.25) is 0 Å². The van der Waals surface area contributed by atoms with Crippen molar-refractivity contribution in [2.24, 2.45) is 0 Å². The smallest absolute Gasteiger partial charge is 0.305 e. The minimum Gasteiger partial charge on any atom is -0.305 e. The fourth-order valence-corrected chi connectivity index (χ4v) is 4.41. The van der Waals surface area contributed by atoms with Crippen LogP contribution in [-0.4, -0.2) is 16.8 Å². The van der Waals surface area contributed by atoms with Gasteiger partial charge in [-0.05, 0) is 51.0 Å². The van der Waals surface area contributed by atoms with E-state index in [1.807, 2.05) is 0 Å². The molecule has 0 amide bonds. The van der Waals surface area contributed by atoms with Crippen LogP contribution in [0.3, 0.4) is 0 Å². The van der Waals surface area contributed by atoms with Crippen LogP contribution in [0.25, 0.3) is 11.1 Å². The number of hydrogen-bond acceptors (Lipinski definition) is 4. The van der Waals surface area contributed by atoms with Crippen LogP contribution in [0.15, 0.2) is 47.4 Å². The van der Waals surface area contributed by atoms with Gasteiger partial charge >= 0.3 is 7.60 Å². The summed E-state index contributed by atoms with van der Waals surface area (Å²) in [6.45, 7) is 7.04. The molecule has 1 aromatic heterocycles. The van der Waals surface area contributed by atoms with E-state index in [0.29, 0.717) is 0 Å². The molecule has 1 aromatic rings. The van der Waals surface area contributed by atoms with E-state index < -0.39 is 7.60 Å². The van der Waals surface area contributed by atoms with Gasteiger partial charge in [-0.15, -0.1) is 6.42 Å². The van der Waals surface area contributed by atoms with Gasteiger partial charge in [0, 0.05) is 6.20 Å². The number of fused-ring (bicyclic) bond motifs is 1. The van der Waals surface area contributed by atoms with Gasteiger partial charge in [0.1, 0.15) is 6.29 Å². The highest BCUT2D eigenvalue weighted by molar-refractivity contribution is 7.52. The molecule has 2 aliphatic rings. The Kier molecular flexibility index (Phi) is 6.61. The van der Waals surface area contributed by atoms with Gasteiger partial charge in [-0.2, -0.15) is 0 Å². The molecule has 0 bridgehead atoms. The van der Waals surface area contributed by atoms with Gasteiger partial charge in [0.25, 0.3) is 5.56 Å². The number of aromatic nitrogens is 1. The lowest BCUT2D eigenvalue weighted by molar-refractivity contribution is 0.138. The monoisotopic (exact) mass is 373 g/mol. The lowest BCUT2D eigenvalue weighted by atomic mass is 9.95. The minimum absolute atomic E-state index is 0.155. The topological polar surface area (TPSA) is 57.5 Å². The van der Waals surface area contributed by atoms with Crippen molar-refractivity contribution in [2.75, 3.05) is 0 Å². The van der Waals surface area contributed by atoms with Crippen molar-refractivity contribution in [3.8, 4) is 23.5 Å². The molecule has 0 saturated carbocycles. The third-order valence-corrected chi connectivity index (χ3v) is 5.60. The van der Waals surface area contributed by atoms with E-state index in [0.717, 1.165) is 0 Å². The first kappa shape index (κ1) is 20.2. The standard InChI is InChI=1S/C14H20NO4P.C6H4/c1-6-13-8-7-9-15(14(13)16)10-20(17,18-11(2)3)19-12(4)5;1-2-6-4-3-5(1)6/h1,7-9,11-12H,10H2,2-5H3;1-4H.